The number of hydrogen-bond acceptors (Lipinski definition) is 4. The van der Waals surface area contributed by atoms with Gasteiger partial charge in [-0.05, 0) is 36.4 Å². The molecule has 22 heavy (non-hydrogen) atoms. The number of anilines is 1. The zero-order chi connectivity index (χ0) is 15.7. The van der Waals surface area contributed by atoms with E-state index in [0.29, 0.717) is 22.3 Å². The molecule has 0 aliphatic heterocycles. The average molecular weight is 333 g/mol. The molecule has 1 aromatic carbocycles. The van der Waals surface area contributed by atoms with Crippen LogP contribution in [0.2, 0.25) is 0 Å². The van der Waals surface area contributed by atoms with Crippen LogP contribution in [0.3, 0.4) is 0 Å². The largest absolute Gasteiger partial charge is 0.280 e. The Morgan fingerprint density at radius 2 is 1.95 bits per heavy atom. The molecule has 2 aromatic heterocycles. The summed E-state index contributed by atoms with van der Waals surface area (Å²) in [5.41, 5.74) is 1.17. The summed E-state index contributed by atoms with van der Waals surface area (Å²) >= 11 is 5.95. The minimum Gasteiger partial charge on any atom is -0.280 e. The third kappa shape index (κ3) is 2.50. The van der Waals surface area contributed by atoms with Gasteiger partial charge in [0, 0.05) is 35.2 Å². The maximum Gasteiger partial charge on any atom is 0.264 e. The molecular formula is C14H9ClN4O2S. The lowest BCUT2D eigenvalue weighted by atomic mass is 10.2. The highest BCUT2D eigenvalue weighted by atomic mass is 35.5. The third-order valence-corrected chi connectivity index (χ3v) is 4.71. The average Bonchev–Trinajstić information content (AvgIpc) is 2.86. The quantitative estimate of drug-likeness (QED) is 0.798. The molecule has 0 saturated carbocycles. The monoisotopic (exact) mass is 332 g/mol. The normalized spacial score (nSPS) is 11.3. The predicted octanol–water partition coefficient (Wildman–Crippen LogP) is 2.71. The van der Waals surface area contributed by atoms with Crippen molar-refractivity contribution in [1.29, 1.82) is 5.26 Å². The first-order chi connectivity index (χ1) is 10.5. The highest BCUT2D eigenvalue weighted by Crippen LogP contribution is 2.26. The van der Waals surface area contributed by atoms with Gasteiger partial charge in [-0.25, -0.2) is 17.5 Å². The van der Waals surface area contributed by atoms with Crippen molar-refractivity contribution >= 4 is 38.5 Å². The molecule has 3 rings (SSSR count). The summed E-state index contributed by atoms with van der Waals surface area (Å²) in [6.07, 6.45) is 2.83. The lowest BCUT2D eigenvalue weighted by Crippen LogP contribution is -2.12. The molecule has 0 spiro atoms. The van der Waals surface area contributed by atoms with Crippen LogP contribution in [-0.2, 0) is 10.0 Å². The molecule has 3 aromatic rings. The summed E-state index contributed by atoms with van der Waals surface area (Å²) < 4.78 is 28.6. The van der Waals surface area contributed by atoms with Gasteiger partial charge in [-0.15, -0.1) is 0 Å². The van der Waals surface area contributed by atoms with Crippen LogP contribution < -0.4 is 4.72 Å². The second kappa shape index (κ2) is 5.33. The van der Waals surface area contributed by atoms with Crippen LogP contribution in [0.4, 0.5) is 5.69 Å². The van der Waals surface area contributed by atoms with Gasteiger partial charge in [-0.1, -0.05) is 0 Å². The Labute approximate surface area is 131 Å². The number of pyridine rings is 1. The Hall–Kier alpha value is -2.56. The van der Waals surface area contributed by atoms with Gasteiger partial charge in [-0.2, -0.15) is 5.26 Å². The number of aromatic nitrogens is 2. The van der Waals surface area contributed by atoms with E-state index in [1.807, 2.05) is 6.07 Å². The standard InChI is InChI=1S/C14H9ClN4O2S/c15-19-9-13(12-2-1-7-17-14(12)19)22(20,21)18-11-5-3-10(8-16)4-6-11/h1-7,9,18H. The molecule has 0 aliphatic rings. The van der Waals surface area contributed by atoms with Gasteiger partial charge in [0.1, 0.15) is 4.90 Å². The van der Waals surface area contributed by atoms with E-state index in [0.717, 1.165) is 4.09 Å². The van der Waals surface area contributed by atoms with Gasteiger partial charge in [0.25, 0.3) is 10.0 Å². The molecule has 2 heterocycles. The minimum atomic E-state index is -3.82. The molecule has 0 bridgehead atoms. The number of sulfonamides is 1. The summed E-state index contributed by atoms with van der Waals surface area (Å²) in [4.78, 5) is 4.08. The SMILES string of the molecule is N#Cc1ccc(NS(=O)(=O)c2cn(Cl)c3ncccc23)cc1. The molecule has 8 heteroatoms. The first-order valence-corrected chi connectivity index (χ1v) is 7.98. The zero-order valence-electron chi connectivity index (χ0n) is 11.1. The van der Waals surface area contributed by atoms with Crippen LogP contribution in [0.25, 0.3) is 11.0 Å². The number of rotatable bonds is 3. The van der Waals surface area contributed by atoms with Crippen LogP contribution in [0.5, 0.6) is 0 Å². The summed E-state index contributed by atoms with van der Waals surface area (Å²) in [5.74, 6) is 0. The van der Waals surface area contributed by atoms with Gasteiger partial charge < -0.3 is 0 Å². The van der Waals surface area contributed by atoms with Crippen LogP contribution in [0.1, 0.15) is 5.56 Å². The number of hydrogen-bond donors (Lipinski definition) is 1. The van der Waals surface area contributed by atoms with E-state index in [2.05, 4.69) is 9.71 Å². The molecule has 1 N–H and O–H groups in total. The topological polar surface area (TPSA) is 87.8 Å². The third-order valence-electron chi connectivity index (χ3n) is 3.04. The van der Waals surface area contributed by atoms with Crippen molar-refractivity contribution in [2.75, 3.05) is 4.72 Å². The summed E-state index contributed by atoms with van der Waals surface area (Å²) in [6, 6.07) is 11.4. The van der Waals surface area contributed by atoms with Crippen molar-refractivity contribution in [3.05, 3.63) is 54.4 Å². The number of halogens is 1. The Bertz CT molecular complexity index is 988. The molecule has 0 fully saturated rings. The van der Waals surface area contributed by atoms with Crippen molar-refractivity contribution in [2.45, 2.75) is 4.90 Å². The van der Waals surface area contributed by atoms with E-state index in [1.54, 1.807) is 12.1 Å². The molecule has 0 saturated heterocycles. The Kier molecular flexibility index (Phi) is 3.48. The van der Waals surface area contributed by atoms with E-state index in [1.165, 1.54) is 36.7 Å². The number of benzene rings is 1. The van der Waals surface area contributed by atoms with E-state index < -0.39 is 10.0 Å². The van der Waals surface area contributed by atoms with Crippen molar-refractivity contribution in [2.24, 2.45) is 0 Å². The van der Waals surface area contributed by atoms with E-state index >= 15 is 0 Å². The summed E-state index contributed by atoms with van der Waals surface area (Å²) in [7, 11) is -3.82. The Morgan fingerprint density at radius 1 is 1.23 bits per heavy atom. The van der Waals surface area contributed by atoms with Crippen molar-refractivity contribution in [1.82, 2.24) is 9.07 Å². The van der Waals surface area contributed by atoms with Gasteiger partial charge in [0.15, 0.2) is 5.65 Å². The van der Waals surface area contributed by atoms with Crippen LogP contribution in [-0.4, -0.2) is 17.5 Å². The Balaban J connectivity index is 2.03. The van der Waals surface area contributed by atoms with E-state index in [9.17, 15) is 8.42 Å². The minimum absolute atomic E-state index is 0.0370. The van der Waals surface area contributed by atoms with E-state index in [-0.39, 0.29) is 4.90 Å². The maximum absolute atomic E-state index is 12.5. The second-order valence-electron chi connectivity index (χ2n) is 4.47. The van der Waals surface area contributed by atoms with Gasteiger partial charge in [0.05, 0.1) is 11.6 Å². The molecule has 0 aliphatic carbocycles. The van der Waals surface area contributed by atoms with Crippen LogP contribution in [0, 0.1) is 11.3 Å². The number of fused-ring (bicyclic) bond motifs is 1. The van der Waals surface area contributed by atoms with Gasteiger partial charge in [-0.3, -0.25) is 4.72 Å². The van der Waals surface area contributed by atoms with Gasteiger partial charge in [0.2, 0.25) is 0 Å². The first-order valence-electron chi connectivity index (χ1n) is 6.16. The fourth-order valence-electron chi connectivity index (χ4n) is 2.03. The first kappa shape index (κ1) is 14.4. The molecule has 6 nitrogen and oxygen atoms in total. The lowest BCUT2D eigenvalue weighted by molar-refractivity contribution is 0.602. The lowest BCUT2D eigenvalue weighted by Gasteiger charge is -2.06. The Morgan fingerprint density at radius 3 is 2.64 bits per heavy atom. The molecule has 0 atom stereocenters. The van der Waals surface area contributed by atoms with Crippen molar-refractivity contribution in [3.8, 4) is 6.07 Å². The van der Waals surface area contributed by atoms with Crippen LogP contribution >= 0.6 is 11.8 Å². The fourth-order valence-corrected chi connectivity index (χ4v) is 3.57. The predicted molar refractivity (Wildman–Crippen MR) is 82.9 cm³/mol. The summed E-state index contributed by atoms with van der Waals surface area (Å²) in [5, 5.41) is 9.18. The number of nitriles is 1. The molecule has 0 amide bonds. The van der Waals surface area contributed by atoms with Crippen LogP contribution in [0.15, 0.2) is 53.7 Å². The molecular weight excluding hydrogens is 324 g/mol. The fraction of sp³-hybridized carbons (Fsp3) is 0. The zero-order valence-corrected chi connectivity index (χ0v) is 12.6. The highest BCUT2D eigenvalue weighted by Gasteiger charge is 2.21. The van der Waals surface area contributed by atoms with E-state index in [4.69, 9.17) is 17.0 Å². The van der Waals surface area contributed by atoms with Gasteiger partial charge >= 0.3 is 0 Å². The number of nitrogens with zero attached hydrogens (tertiary/aromatic N) is 3. The summed E-state index contributed by atoms with van der Waals surface area (Å²) in [6.45, 7) is 0. The molecule has 110 valence electrons. The smallest absolute Gasteiger partial charge is 0.264 e. The maximum atomic E-state index is 12.5. The second-order valence-corrected chi connectivity index (χ2v) is 6.49. The van der Waals surface area contributed by atoms with Crippen molar-refractivity contribution in [3.63, 3.8) is 0 Å². The molecule has 0 radical (unpaired) electrons. The number of nitrogens with one attached hydrogen (secondary N) is 1. The molecule has 0 unspecified atom stereocenters. The van der Waals surface area contributed by atoms with Crippen molar-refractivity contribution < 1.29 is 8.42 Å². The highest BCUT2D eigenvalue weighted by molar-refractivity contribution is 7.93.